The van der Waals surface area contributed by atoms with E-state index in [1.807, 2.05) is 0 Å². The van der Waals surface area contributed by atoms with E-state index < -0.39 is 18.0 Å². The molecule has 0 bridgehead atoms. The fraction of sp³-hybridized carbons (Fsp3) is 0.818. The van der Waals surface area contributed by atoms with Crippen molar-refractivity contribution in [3.8, 4) is 0 Å². The molecule has 0 spiro atoms. The molecule has 1 N–H and O–H groups in total. The Morgan fingerprint density at radius 1 is 1.38 bits per heavy atom. The quantitative estimate of drug-likeness (QED) is 0.712. The first-order valence-electron chi connectivity index (χ1n) is 5.51. The van der Waals surface area contributed by atoms with E-state index in [1.54, 1.807) is 6.92 Å². The molecule has 0 aromatic heterocycles. The van der Waals surface area contributed by atoms with Crippen LogP contribution in [0.5, 0.6) is 0 Å². The summed E-state index contributed by atoms with van der Waals surface area (Å²) < 4.78 is 9.45. The second-order valence-electron chi connectivity index (χ2n) is 3.96. The summed E-state index contributed by atoms with van der Waals surface area (Å²) in [5, 5.41) is 9.65. The van der Waals surface area contributed by atoms with Gasteiger partial charge in [-0.25, -0.2) is 0 Å². The molecule has 3 atom stereocenters. The van der Waals surface area contributed by atoms with Gasteiger partial charge in [-0.3, -0.25) is 9.59 Å². The van der Waals surface area contributed by atoms with Gasteiger partial charge in [0.15, 0.2) is 0 Å². The normalized spacial score (nSPS) is 28.8. The van der Waals surface area contributed by atoms with Crippen molar-refractivity contribution in [2.24, 2.45) is 11.8 Å². The molecule has 3 unspecified atom stereocenters. The van der Waals surface area contributed by atoms with Crippen molar-refractivity contribution in [3.05, 3.63) is 0 Å². The lowest BCUT2D eigenvalue weighted by molar-refractivity contribution is -0.152. The minimum atomic E-state index is -0.702. The number of aliphatic hydroxyl groups is 1. The van der Waals surface area contributed by atoms with Crippen LogP contribution in [0, 0.1) is 11.8 Å². The molecule has 0 saturated heterocycles. The Morgan fingerprint density at radius 3 is 2.62 bits per heavy atom. The predicted molar refractivity (Wildman–Crippen MR) is 55.5 cm³/mol. The Hall–Kier alpha value is -1.10. The van der Waals surface area contributed by atoms with E-state index in [4.69, 9.17) is 4.74 Å². The highest BCUT2D eigenvalue weighted by molar-refractivity contribution is 5.76. The van der Waals surface area contributed by atoms with Crippen molar-refractivity contribution in [1.82, 2.24) is 0 Å². The number of rotatable bonds is 4. The summed E-state index contributed by atoms with van der Waals surface area (Å²) in [5.74, 6) is -1.52. The van der Waals surface area contributed by atoms with Gasteiger partial charge in [0.25, 0.3) is 0 Å². The number of carbonyl (C=O) groups is 2. The molecule has 1 rings (SSSR count). The van der Waals surface area contributed by atoms with Crippen LogP contribution in [-0.4, -0.2) is 36.9 Å². The zero-order valence-electron chi connectivity index (χ0n) is 9.64. The van der Waals surface area contributed by atoms with Crippen LogP contribution >= 0.6 is 0 Å². The second kappa shape index (κ2) is 5.84. The number of ether oxygens (including phenoxy) is 2. The van der Waals surface area contributed by atoms with Crippen molar-refractivity contribution in [2.45, 2.75) is 32.3 Å². The van der Waals surface area contributed by atoms with Gasteiger partial charge in [-0.15, -0.1) is 0 Å². The van der Waals surface area contributed by atoms with Gasteiger partial charge in [0.1, 0.15) is 0 Å². The summed E-state index contributed by atoms with van der Waals surface area (Å²) in [6.07, 6.45) is 0.653. The van der Waals surface area contributed by atoms with E-state index in [2.05, 4.69) is 4.74 Å². The average Bonchev–Trinajstić information content (AvgIpc) is 2.59. The molecule has 5 nitrogen and oxygen atoms in total. The summed E-state index contributed by atoms with van der Waals surface area (Å²) in [5.41, 5.74) is 0. The second-order valence-corrected chi connectivity index (χ2v) is 3.96. The monoisotopic (exact) mass is 230 g/mol. The zero-order chi connectivity index (χ0) is 12.1. The number of esters is 2. The third kappa shape index (κ3) is 2.95. The largest absolute Gasteiger partial charge is 0.469 e. The van der Waals surface area contributed by atoms with Gasteiger partial charge >= 0.3 is 11.9 Å². The smallest absolute Gasteiger partial charge is 0.311 e. The highest BCUT2D eigenvalue weighted by atomic mass is 16.5. The number of hydrogen-bond donors (Lipinski definition) is 1. The SMILES string of the molecule is CCOC(=O)CC1CCC(O)C1C(=O)OC. The van der Waals surface area contributed by atoms with Gasteiger partial charge in [-0.2, -0.15) is 0 Å². The van der Waals surface area contributed by atoms with Crippen LogP contribution < -0.4 is 0 Å². The first kappa shape index (κ1) is 13.0. The van der Waals surface area contributed by atoms with Crippen LogP contribution in [0.1, 0.15) is 26.2 Å². The van der Waals surface area contributed by atoms with Gasteiger partial charge in [-0.1, -0.05) is 0 Å². The fourth-order valence-corrected chi connectivity index (χ4v) is 2.21. The molecular weight excluding hydrogens is 212 g/mol. The first-order chi connectivity index (χ1) is 7.60. The molecule has 16 heavy (non-hydrogen) atoms. The van der Waals surface area contributed by atoms with Crippen LogP contribution in [-0.2, 0) is 19.1 Å². The Kier molecular flexibility index (Phi) is 4.73. The average molecular weight is 230 g/mol. The molecule has 0 aromatic rings. The first-order valence-corrected chi connectivity index (χ1v) is 5.51. The number of methoxy groups -OCH3 is 1. The van der Waals surface area contributed by atoms with Crippen molar-refractivity contribution in [1.29, 1.82) is 0 Å². The highest BCUT2D eigenvalue weighted by Gasteiger charge is 2.41. The van der Waals surface area contributed by atoms with Crippen LogP contribution in [0.2, 0.25) is 0 Å². The third-order valence-electron chi connectivity index (χ3n) is 2.96. The van der Waals surface area contributed by atoms with E-state index in [-0.39, 0.29) is 18.3 Å². The topological polar surface area (TPSA) is 72.8 Å². The standard InChI is InChI=1S/C11H18O5/c1-3-16-9(13)6-7-4-5-8(12)10(7)11(14)15-2/h7-8,10,12H,3-6H2,1-2H3. The third-order valence-corrected chi connectivity index (χ3v) is 2.96. The lowest BCUT2D eigenvalue weighted by Crippen LogP contribution is -2.30. The minimum absolute atomic E-state index is 0.165. The van der Waals surface area contributed by atoms with Crippen molar-refractivity contribution in [2.75, 3.05) is 13.7 Å². The van der Waals surface area contributed by atoms with Gasteiger partial charge in [0.2, 0.25) is 0 Å². The van der Waals surface area contributed by atoms with E-state index >= 15 is 0 Å². The molecule has 1 aliphatic carbocycles. The van der Waals surface area contributed by atoms with E-state index in [9.17, 15) is 14.7 Å². The lowest BCUT2D eigenvalue weighted by Gasteiger charge is -2.18. The summed E-state index contributed by atoms with van der Waals surface area (Å²) in [4.78, 5) is 22.7. The van der Waals surface area contributed by atoms with Crippen LogP contribution in [0.4, 0.5) is 0 Å². The van der Waals surface area contributed by atoms with Crippen molar-refractivity contribution in [3.63, 3.8) is 0 Å². The van der Waals surface area contributed by atoms with Crippen molar-refractivity contribution < 1.29 is 24.2 Å². The zero-order valence-corrected chi connectivity index (χ0v) is 9.64. The van der Waals surface area contributed by atoms with Crippen LogP contribution in [0.25, 0.3) is 0 Å². The summed E-state index contributed by atoms with van der Waals surface area (Å²) in [7, 11) is 1.29. The van der Waals surface area contributed by atoms with Gasteiger partial charge in [0.05, 0.1) is 25.7 Å². The number of aliphatic hydroxyl groups excluding tert-OH is 1. The Balaban J connectivity index is 2.58. The van der Waals surface area contributed by atoms with Crippen LogP contribution in [0.3, 0.4) is 0 Å². The van der Waals surface area contributed by atoms with E-state index in [0.29, 0.717) is 19.4 Å². The maximum absolute atomic E-state index is 11.4. The Labute approximate surface area is 94.7 Å². The predicted octanol–water partition coefficient (Wildman–Crippen LogP) is 0.500. The summed E-state index contributed by atoms with van der Waals surface area (Å²) >= 11 is 0. The number of carbonyl (C=O) groups excluding carboxylic acids is 2. The Bertz CT molecular complexity index is 263. The molecule has 1 aliphatic rings. The van der Waals surface area contributed by atoms with Gasteiger partial charge in [-0.05, 0) is 25.7 Å². The highest BCUT2D eigenvalue weighted by Crippen LogP contribution is 2.35. The molecule has 0 heterocycles. The van der Waals surface area contributed by atoms with Crippen LogP contribution in [0.15, 0.2) is 0 Å². The fourth-order valence-electron chi connectivity index (χ4n) is 2.21. The lowest BCUT2D eigenvalue weighted by atomic mass is 9.92. The van der Waals surface area contributed by atoms with E-state index in [1.165, 1.54) is 7.11 Å². The molecule has 5 heteroatoms. The van der Waals surface area contributed by atoms with Gasteiger partial charge < -0.3 is 14.6 Å². The number of hydrogen-bond acceptors (Lipinski definition) is 5. The maximum atomic E-state index is 11.4. The minimum Gasteiger partial charge on any atom is -0.469 e. The molecule has 1 saturated carbocycles. The molecule has 0 aromatic carbocycles. The molecule has 92 valence electrons. The molecule has 0 radical (unpaired) electrons. The Morgan fingerprint density at radius 2 is 2.06 bits per heavy atom. The van der Waals surface area contributed by atoms with Crippen molar-refractivity contribution >= 4 is 11.9 Å². The van der Waals surface area contributed by atoms with E-state index in [0.717, 1.165) is 0 Å². The summed E-state index contributed by atoms with van der Waals surface area (Å²) in [6, 6.07) is 0. The molecule has 0 aliphatic heterocycles. The molecule has 1 fully saturated rings. The summed E-state index contributed by atoms with van der Waals surface area (Å²) in [6.45, 7) is 2.07. The molecule has 0 amide bonds. The molecular formula is C11H18O5. The van der Waals surface area contributed by atoms with Gasteiger partial charge in [0, 0.05) is 6.42 Å². The maximum Gasteiger partial charge on any atom is 0.311 e.